The van der Waals surface area contributed by atoms with Crippen LogP contribution in [0.15, 0.2) is 12.1 Å². The van der Waals surface area contributed by atoms with Gasteiger partial charge in [-0.05, 0) is 55.5 Å². The topological polar surface area (TPSA) is 46.6 Å². The summed E-state index contributed by atoms with van der Waals surface area (Å²) in [4.78, 5) is 25.7. The lowest BCUT2D eigenvalue weighted by molar-refractivity contribution is -0.144. The quantitative estimate of drug-likeness (QED) is 0.392. The molecule has 0 fully saturated rings. The standard InChI is InChI=1S/C14H16Cl2INO3/c1-4-21-12(19)7-18(8(2)3)14(20)10-5-9(15)6-11(16)13(10)17/h5-6,8H,4,7H2,1-3H3. The van der Waals surface area contributed by atoms with Gasteiger partial charge in [-0.15, -0.1) is 0 Å². The van der Waals surface area contributed by atoms with E-state index in [9.17, 15) is 9.59 Å². The van der Waals surface area contributed by atoms with Crippen molar-refractivity contribution in [2.24, 2.45) is 0 Å². The van der Waals surface area contributed by atoms with Gasteiger partial charge in [-0.1, -0.05) is 23.2 Å². The highest BCUT2D eigenvalue weighted by Gasteiger charge is 2.25. The van der Waals surface area contributed by atoms with Gasteiger partial charge in [-0.2, -0.15) is 0 Å². The molecule has 0 aliphatic heterocycles. The fourth-order valence-corrected chi connectivity index (χ4v) is 2.74. The van der Waals surface area contributed by atoms with Gasteiger partial charge in [0.1, 0.15) is 6.54 Å². The van der Waals surface area contributed by atoms with E-state index < -0.39 is 5.97 Å². The first-order valence-electron chi connectivity index (χ1n) is 6.39. The first kappa shape index (κ1) is 18.5. The zero-order chi connectivity index (χ0) is 16.2. The molecule has 0 saturated carbocycles. The van der Waals surface area contributed by atoms with Crippen molar-refractivity contribution in [3.05, 3.63) is 31.3 Å². The van der Waals surface area contributed by atoms with Crippen molar-refractivity contribution in [3.8, 4) is 0 Å². The molecule has 0 heterocycles. The van der Waals surface area contributed by atoms with Crippen molar-refractivity contribution in [2.75, 3.05) is 13.2 Å². The summed E-state index contributed by atoms with van der Waals surface area (Å²) in [6, 6.07) is 2.97. The molecule has 1 aromatic carbocycles. The van der Waals surface area contributed by atoms with Gasteiger partial charge in [0, 0.05) is 14.6 Å². The van der Waals surface area contributed by atoms with E-state index in [1.165, 1.54) is 4.90 Å². The Balaban J connectivity index is 3.10. The second-order valence-electron chi connectivity index (χ2n) is 4.58. The molecule has 0 spiro atoms. The average Bonchev–Trinajstić information content (AvgIpc) is 2.39. The summed E-state index contributed by atoms with van der Waals surface area (Å²) in [5, 5.41) is 0.787. The van der Waals surface area contributed by atoms with E-state index in [4.69, 9.17) is 27.9 Å². The molecular weight excluding hydrogens is 428 g/mol. The largest absolute Gasteiger partial charge is 0.465 e. The lowest BCUT2D eigenvalue weighted by Gasteiger charge is -2.26. The minimum absolute atomic E-state index is 0.107. The van der Waals surface area contributed by atoms with E-state index in [2.05, 4.69) is 0 Å². The van der Waals surface area contributed by atoms with Gasteiger partial charge in [0.2, 0.25) is 0 Å². The third kappa shape index (κ3) is 5.00. The van der Waals surface area contributed by atoms with Crippen LogP contribution in [-0.4, -0.2) is 36.0 Å². The second-order valence-corrected chi connectivity index (χ2v) is 6.50. The van der Waals surface area contributed by atoms with E-state index in [0.29, 0.717) is 19.2 Å². The van der Waals surface area contributed by atoms with E-state index >= 15 is 0 Å². The normalized spacial score (nSPS) is 10.6. The van der Waals surface area contributed by atoms with E-state index in [1.807, 2.05) is 36.4 Å². The van der Waals surface area contributed by atoms with Crippen molar-refractivity contribution < 1.29 is 14.3 Å². The molecule has 116 valence electrons. The molecule has 0 N–H and O–H groups in total. The van der Waals surface area contributed by atoms with Crippen LogP contribution in [-0.2, 0) is 9.53 Å². The molecule has 4 nitrogen and oxygen atoms in total. The smallest absolute Gasteiger partial charge is 0.325 e. The number of benzene rings is 1. The Morgan fingerprint density at radius 1 is 1.33 bits per heavy atom. The monoisotopic (exact) mass is 443 g/mol. The summed E-state index contributed by atoms with van der Waals surface area (Å²) in [7, 11) is 0. The summed E-state index contributed by atoms with van der Waals surface area (Å²) in [5.74, 6) is -0.741. The molecule has 0 radical (unpaired) electrons. The number of ether oxygens (including phenoxy) is 1. The summed E-state index contributed by atoms with van der Waals surface area (Å²) >= 11 is 14.0. The van der Waals surface area contributed by atoms with Crippen LogP contribution in [0.1, 0.15) is 31.1 Å². The highest BCUT2D eigenvalue weighted by molar-refractivity contribution is 14.1. The lowest BCUT2D eigenvalue weighted by atomic mass is 10.1. The fourth-order valence-electron chi connectivity index (χ4n) is 1.70. The van der Waals surface area contributed by atoms with Gasteiger partial charge in [-0.25, -0.2) is 0 Å². The molecule has 21 heavy (non-hydrogen) atoms. The number of nitrogens with zero attached hydrogens (tertiary/aromatic N) is 1. The number of esters is 1. The van der Waals surface area contributed by atoms with Crippen LogP contribution in [0.2, 0.25) is 10.0 Å². The maximum Gasteiger partial charge on any atom is 0.325 e. The number of carbonyl (C=O) groups is 2. The minimum Gasteiger partial charge on any atom is -0.465 e. The highest BCUT2D eigenvalue weighted by atomic mass is 127. The molecule has 0 unspecified atom stereocenters. The Hall–Kier alpha value is -0.530. The minimum atomic E-state index is -0.442. The number of hydrogen-bond donors (Lipinski definition) is 0. The molecule has 7 heteroatoms. The molecule has 0 bridgehead atoms. The van der Waals surface area contributed by atoms with E-state index in [0.717, 1.165) is 0 Å². The average molecular weight is 444 g/mol. The summed E-state index contributed by atoms with van der Waals surface area (Å²) in [5.41, 5.74) is 0.381. The first-order valence-corrected chi connectivity index (χ1v) is 8.22. The third-order valence-electron chi connectivity index (χ3n) is 2.71. The second kappa shape index (κ2) is 8.19. The Labute approximate surface area is 147 Å². The molecule has 0 aromatic heterocycles. The van der Waals surface area contributed by atoms with Crippen LogP contribution in [0.5, 0.6) is 0 Å². The van der Waals surface area contributed by atoms with Crippen LogP contribution in [0, 0.1) is 3.57 Å². The number of rotatable bonds is 5. The van der Waals surface area contributed by atoms with Crippen molar-refractivity contribution in [1.82, 2.24) is 4.90 Å². The maximum atomic E-state index is 12.6. The Morgan fingerprint density at radius 3 is 2.48 bits per heavy atom. The molecule has 1 amide bonds. The zero-order valence-corrected chi connectivity index (χ0v) is 15.6. The van der Waals surface area contributed by atoms with Crippen LogP contribution in [0.3, 0.4) is 0 Å². The maximum absolute atomic E-state index is 12.6. The van der Waals surface area contributed by atoms with Crippen LogP contribution in [0.4, 0.5) is 0 Å². The molecule has 1 rings (SSSR count). The molecule has 0 saturated heterocycles. The SMILES string of the molecule is CCOC(=O)CN(C(=O)c1cc(Cl)cc(Cl)c1I)C(C)C. The Morgan fingerprint density at radius 2 is 1.95 bits per heavy atom. The lowest BCUT2D eigenvalue weighted by Crippen LogP contribution is -2.41. The summed E-state index contributed by atoms with van der Waals surface area (Å²) < 4.78 is 5.51. The molecule has 0 aliphatic rings. The number of halogens is 3. The molecule has 0 atom stereocenters. The van der Waals surface area contributed by atoms with Crippen molar-refractivity contribution >= 4 is 57.7 Å². The zero-order valence-electron chi connectivity index (χ0n) is 12.0. The first-order chi connectivity index (χ1) is 9.77. The Kier molecular flexibility index (Phi) is 7.23. The molecule has 1 aromatic rings. The number of hydrogen-bond acceptors (Lipinski definition) is 3. The van der Waals surface area contributed by atoms with Gasteiger partial charge >= 0.3 is 5.97 Å². The van der Waals surface area contributed by atoms with Crippen LogP contribution in [0.25, 0.3) is 0 Å². The van der Waals surface area contributed by atoms with Gasteiger partial charge in [0.15, 0.2) is 0 Å². The fraction of sp³-hybridized carbons (Fsp3) is 0.429. The number of carbonyl (C=O) groups excluding carboxylic acids is 2. The van der Waals surface area contributed by atoms with Crippen molar-refractivity contribution in [1.29, 1.82) is 0 Å². The third-order valence-corrected chi connectivity index (χ3v) is 4.71. The highest BCUT2D eigenvalue weighted by Crippen LogP contribution is 2.28. The van der Waals surface area contributed by atoms with Gasteiger partial charge in [-0.3, -0.25) is 9.59 Å². The predicted octanol–water partition coefficient (Wildman–Crippen LogP) is 4.01. The summed E-state index contributed by atoms with van der Waals surface area (Å²) in [6.45, 7) is 5.55. The van der Waals surface area contributed by atoms with Crippen LogP contribution < -0.4 is 0 Å². The summed E-state index contributed by atoms with van der Waals surface area (Å²) in [6.07, 6.45) is 0. The van der Waals surface area contributed by atoms with Gasteiger partial charge < -0.3 is 9.64 Å². The molecular formula is C14H16Cl2INO3. The molecule has 0 aliphatic carbocycles. The van der Waals surface area contributed by atoms with Crippen LogP contribution >= 0.6 is 45.8 Å². The number of amides is 1. The van der Waals surface area contributed by atoms with Crippen molar-refractivity contribution in [3.63, 3.8) is 0 Å². The van der Waals surface area contributed by atoms with E-state index in [1.54, 1.807) is 19.1 Å². The predicted molar refractivity (Wildman–Crippen MR) is 92.0 cm³/mol. The Bertz CT molecular complexity index is 549. The van der Waals surface area contributed by atoms with Crippen molar-refractivity contribution in [2.45, 2.75) is 26.8 Å². The van der Waals surface area contributed by atoms with Gasteiger partial charge in [0.05, 0.1) is 17.2 Å². The van der Waals surface area contributed by atoms with Gasteiger partial charge in [0.25, 0.3) is 5.91 Å². The van der Waals surface area contributed by atoms with E-state index in [-0.39, 0.29) is 25.1 Å².